The van der Waals surface area contributed by atoms with Crippen LogP contribution in [0.2, 0.25) is 0 Å². The van der Waals surface area contributed by atoms with Crippen molar-refractivity contribution in [2.75, 3.05) is 5.73 Å². The van der Waals surface area contributed by atoms with Gasteiger partial charge < -0.3 is 10.7 Å². The molecule has 0 aliphatic carbocycles. The molecular weight excluding hydrogens is 321 g/mol. The molecule has 1 aromatic carbocycles. The molecule has 1 aromatic heterocycles. The van der Waals surface area contributed by atoms with Gasteiger partial charge in [-0.25, -0.2) is 9.37 Å². The molecule has 0 bridgehead atoms. The van der Waals surface area contributed by atoms with E-state index in [1.807, 2.05) is 0 Å². The number of nitrogens with zero attached hydrogens (tertiary/aromatic N) is 1. The van der Waals surface area contributed by atoms with Gasteiger partial charge in [-0.15, -0.1) is 0 Å². The van der Waals surface area contributed by atoms with Gasteiger partial charge in [0.2, 0.25) is 0 Å². The van der Waals surface area contributed by atoms with Gasteiger partial charge in [0, 0.05) is 22.3 Å². The molecule has 0 spiro atoms. The lowest BCUT2D eigenvalue weighted by Crippen LogP contribution is -2.08. The van der Waals surface area contributed by atoms with Crippen LogP contribution < -0.4 is 11.3 Å². The Morgan fingerprint density at radius 1 is 1.44 bits per heavy atom. The molecule has 0 saturated carbocycles. The van der Waals surface area contributed by atoms with Gasteiger partial charge in [-0.3, -0.25) is 4.79 Å². The molecule has 4 nitrogen and oxygen atoms in total. The van der Waals surface area contributed by atoms with E-state index in [2.05, 4.69) is 25.9 Å². The van der Waals surface area contributed by atoms with Crippen LogP contribution in [-0.4, -0.2) is 9.97 Å². The van der Waals surface area contributed by atoms with Crippen molar-refractivity contribution in [2.45, 2.75) is 17.0 Å². The van der Waals surface area contributed by atoms with Crippen molar-refractivity contribution in [2.24, 2.45) is 0 Å². The number of rotatable bonds is 2. The minimum absolute atomic E-state index is 0.249. The Labute approximate surface area is 115 Å². The average molecular weight is 330 g/mol. The maximum Gasteiger partial charge on any atom is 0.251 e. The largest absolute Gasteiger partial charge is 0.398 e. The zero-order chi connectivity index (χ0) is 13.3. The van der Waals surface area contributed by atoms with Crippen LogP contribution in [0.5, 0.6) is 0 Å². The lowest BCUT2D eigenvalue weighted by Gasteiger charge is -2.06. The molecule has 0 aliphatic heterocycles. The minimum atomic E-state index is -0.415. The third-order valence-corrected chi connectivity index (χ3v) is 3.68. The molecule has 0 atom stereocenters. The average Bonchev–Trinajstić information content (AvgIpc) is 2.24. The second kappa shape index (κ2) is 5.11. The van der Waals surface area contributed by atoms with Gasteiger partial charge in [-0.05, 0) is 46.7 Å². The quantitative estimate of drug-likeness (QED) is 0.656. The van der Waals surface area contributed by atoms with E-state index in [0.29, 0.717) is 25.9 Å². The van der Waals surface area contributed by atoms with Crippen LogP contribution in [0.4, 0.5) is 10.1 Å². The molecule has 0 unspecified atom stereocenters. The predicted octanol–water partition coefficient (Wildman–Crippen LogP) is 2.71. The van der Waals surface area contributed by atoms with E-state index in [4.69, 9.17) is 5.73 Å². The smallest absolute Gasteiger partial charge is 0.251 e. The number of halogens is 2. The number of benzene rings is 1. The fraction of sp³-hybridized carbons (Fsp3) is 0.0909. The third kappa shape index (κ3) is 2.91. The molecule has 0 radical (unpaired) electrons. The fourth-order valence-corrected chi connectivity index (χ4v) is 2.59. The van der Waals surface area contributed by atoms with Gasteiger partial charge in [-0.1, -0.05) is 0 Å². The van der Waals surface area contributed by atoms with Gasteiger partial charge in [0.25, 0.3) is 5.56 Å². The zero-order valence-corrected chi connectivity index (χ0v) is 11.7. The zero-order valence-electron chi connectivity index (χ0n) is 9.33. The van der Waals surface area contributed by atoms with Gasteiger partial charge in [0.05, 0.1) is 4.47 Å². The molecule has 3 N–H and O–H groups in total. The third-order valence-electron chi connectivity index (χ3n) is 2.11. The van der Waals surface area contributed by atoms with E-state index in [9.17, 15) is 9.18 Å². The van der Waals surface area contributed by atoms with Crippen LogP contribution in [0, 0.1) is 12.7 Å². The highest BCUT2D eigenvalue weighted by Crippen LogP contribution is 2.33. The highest BCUT2D eigenvalue weighted by molar-refractivity contribution is 9.10. The highest BCUT2D eigenvalue weighted by atomic mass is 79.9. The number of aromatic amines is 1. The maximum absolute atomic E-state index is 13.4. The molecule has 1 heterocycles. The van der Waals surface area contributed by atoms with E-state index in [0.717, 1.165) is 11.8 Å². The van der Waals surface area contributed by atoms with Gasteiger partial charge in [0.15, 0.2) is 5.16 Å². The summed E-state index contributed by atoms with van der Waals surface area (Å²) in [4.78, 5) is 18.5. The van der Waals surface area contributed by atoms with E-state index in [-0.39, 0.29) is 5.56 Å². The molecular formula is C11H9BrFN3OS. The van der Waals surface area contributed by atoms with Gasteiger partial charge >= 0.3 is 0 Å². The number of nitrogens with two attached hydrogens (primary N) is 1. The first kappa shape index (κ1) is 13.1. The summed E-state index contributed by atoms with van der Waals surface area (Å²) in [6.07, 6.45) is 0. The van der Waals surface area contributed by atoms with Crippen molar-refractivity contribution in [3.05, 3.63) is 44.5 Å². The standard InChI is InChI=1S/C11H9BrFN3OS/c1-5-2-10(17)16-11(15-5)18-9-4-7(13)6(12)3-8(9)14/h2-4H,14H2,1H3,(H,15,16,17). The van der Waals surface area contributed by atoms with Crippen molar-refractivity contribution < 1.29 is 4.39 Å². The van der Waals surface area contributed by atoms with E-state index in [1.54, 1.807) is 6.92 Å². The summed E-state index contributed by atoms with van der Waals surface area (Å²) >= 11 is 4.16. The second-order valence-corrected chi connectivity index (χ2v) is 5.48. The summed E-state index contributed by atoms with van der Waals surface area (Å²) < 4.78 is 13.7. The Morgan fingerprint density at radius 3 is 2.83 bits per heavy atom. The van der Waals surface area contributed by atoms with E-state index < -0.39 is 5.82 Å². The van der Waals surface area contributed by atoms with Crippen LogP contribution in [-0.2, 0) is 0 Å². The van der Waals surface area contributed by atoms with Crippen LogP contribution >= 0.6 is 27.7 Å². The Hall–Kier alpha value is -1.34. The topological polar surface area (TPSA) is 71.8 Å². The first-order chi connectivity index (χ1) is 8.45. The normalized spacial score (nSPS) is 10.6. The SMILES string of the molecule is Cc1cc(=O)[nH]c(Sc2cc(F)c(Br)cc2N)n1. The molecule has 7 heteroatoms. The lowest BCUT2D eigenvalue weighted by atomic mass is 10.3. The van der Waals surface area contributed by atoms with Crippen LogP contribution in [0.15, 0.2) is 37.5 Å². The Morgan fingerprint density at radius 2 is 2.17 bits per heavy atom. The summed E-state index contributed by atoms with van der Waals surface area (Å²) in [5.41, 5.74) is 6.54. The summed E-state index contributed by atoms with van der Waals surface area (Å²) in [5, 5.41) is 0.383. The first-order valence-corrected chi connectivity index (χ1v) is 6.57. The fourth-order valence-electron chi connectivity index (χ4n) is 1.34. The number of anilines is 1. The first-order valence-electron chi connectivity index (χ1n) is 4.96. The molecule has 18 heavy (non-hydrogen) atoms. The van der Waals surface area contributed by atoms with Crippen molar-refractivity contribution in [1.29, 1.82) is 0 Å². The number of hydrogen-bond donors (Lipinski definition) is 2. The second-order valence-electron chi connectivity index (χ2n) is 3.60. The molecule has 2 aromatic rings. The Bertz CT molecular complexity index is 659. The minimum Gasteiger partial charge on any atom is -0.398 e. The number of aromatic nitrogens is 2. The summed E-state index contributed by atoms with van der Waals surface area (Å²) in [6, 6.07) is 4.16. The molecule has 0 aliphatic rings. The van der Waals surface area contributed by atoms with E-state index >= 15 is 0 Å². The molecule has 2 rings (SSSR count). The van der Waals surface area contributed by atoms with Crippen molar-refractivity contribution in [3.63, 3.8) is 0 Å². The number of nitrogen functional groups attached to an aromatic ring is 1. The van der Waals surface area contributed by atoms with Crippen molar-refractivity contribution in [3.8, 4) is 0 Å². The van der Waals surface area contributed by atoms with Gasteiger partial charge in [-0.2, -0.15) is 0 Å². The number of nitrogens with one attached hydrogen (secondary N) is 1. The number of aryl methyl sites for hydroxylation is 1. The predicted molar refractivity (Wildman–Crippen MR) is 72.2 cm³/mol. The monoisotopic (exact) mass is 329 g/mol. The summed E-state index contributed by atoms with van der Waals surface area (Å²) in [6.45, 7) is 1.71. The maximum atomic E-state index is 13.4. The van der Waals surface area contributed by atoms with Crippen molar-refractivity contribution in [1.82, 2.24) is 9.97 Å². The van der Waals surface area contributed by atoms with Crippen molar-refractivity contribution >= 4 is 33.4 Å². The van der Waals surface area contributed by atoms with Crippen LogP contribution in [0.1, 0.15) is 5.69 Å². The van der Waals surface area contributed by atoms with Crippen LogP contribution in [0.3, 0.4) is 0 Å². The van der Waals surface area contributed by atoms with E-state index in [1.165, 1.54) is 18.2 Å². The molecule has 0 fully saturated rings. The van der Waals surface area contributed by atoms with Gasteiger partial charge in [0.1, 0.15) is 5.82 Å². The lowest BCUT2D eigenvalue weighted by molar-refractivity contribution is 0.618. The molecule has 0 saturated heterocycles. The molecule has 94 valence electrons. The summed E-state index contributed by atoms with van der Waals surface area (Å²) in [5.74, 6) is -0.415. The summed E-state index contributed by atoms with van der Waals surface area (Å²) in [7, 11) is 0. The highest BCUT2D eigenvalue weighted by Gasteiger charge is 2.09. The Kier molecular flexibility index (Phi) is 3.72. The number of H-pyrrole nitrogens is 1. The molecule has 0 amide bonds. The van der Waals surface area contributed by atoms with Crippen LogP contribution in [0.25, 0.3) is 0 Å². The number of hydrogen-bond acceptors (Lipinski definition) is 4. The Balaban J connectivity index is 2.39.